The van der Waals surface area contributed by atoms with Crippen LogP contribution >= 0.6 is 15.9 Å². The van der Waals surface area contributed by atoms with Crippen LogP contribution in [-0.2, 0) is 9.59 Å². The molecule has 92 valence electrons. The van der Waals surface area contributed by atoms with E-state index in [1.807, 2.05) is 6.92 Å². The van der Waals surface area contributed by atoms with Crippen LogP contribution in [0.4, 0.5) is 0 Å². The molecular weight excluding hydrogens is 276 g/mol. The summed E-state index contributed by atoms with van der Waals surface area (Å²) in [6.45, 7) is 3.88. The van der Waals surface area contributed by atoms with Crippen LogP contribution in [0.2, 0.25) is 0 Å². The van der Waals surface area contributed by atoms with Crippen LogP contribution in [0.1, 0.15) is 13.3 Å². The number of nitrogens with zero attached hydrogens (tertiary/aromatic N) is 2. The molecule has 0 saturated carbocycles. The SMILES string of the molecule is CCCN1CCN(CC(O)CBr)C(=O)C1=O. The number of halogens is 1. The zero-order chi connectivity index (χ0) is 12.1. The van der Waals surface area contributed by atoms with E-state index in [1.165, 1.54) is 4.90 Å². The number of hydrogen-bond acceptors (Lipinski definition) is 3. The van der Waals surface area contributed by atoms with Crippen LogP contribution in [0.15, 0.2) is 0 Å². The number of β-amino-alcohol motifs (C(OH)–C–C–N with tert-alkyl or cyclic N) is 1. The van der Waals surface area contributed by atoms with Gasteiger partial charge < -0.3 is 14.9 Å². The van der Waals surface area contributed by atoms with Crippen molar-refractivity contribution in [3.05, 3.63) is 0 Å². The Labute approximate surface area is 104 Å². The number of carbonyl (C=O) groups is 2. The first-order valence-corrected chi connectivity index (χ1v) is 6.54. The predicted octanol–water partition coefficient (Wildman–Crippen LogP) is -0.177. The van der Waals surface area contributed by atoms with E-state index in [2.05, 4.69) is 15.9 Å². The summed E-state index contributed by atoms with van der Waals surface area (Å²) < 4.78 is 0. The summed E-state index contributed by atoms with van der Waals surface area (Å²) in [5.74, 6) is -0.949. The van der Waals surface area contributed by atoms with Gasteiger partial charge in [-0.15, -0.1) is 0 Å². The van der Waals surface area contributed by atoms with Gasteiger partial charge in [0, 0.05) is 31.5 Å². The first-order chi connectivity index (χ1) is 7.60. The molecule has 1 aliphatic heterocycles. The maximum Gasteiger partial charge on any atom is 0.312 e. The number of amides is 2. The van der Waals surface area contributed by atoms with Crippen molar-refractivity contribution in [1.82, 2.24) is 9.80 Å². The summed E-state index contributed by atoms with van der Waals surface area (Å²) in [6.07, 6.45) is 0.234. The zero-order valence-corrected chi connectivity index (χ0v) is 10.9. The number of alkyl halides is 1. The molecule has 0 aliphatic carbocycles. The molecule has 0 aromatic heterocycles. The lowest BCUT2D eigenvalue weighted by molar-refractivity contribution is -0.156. The molecule has 0 radical (unpaired) electrons. The first-order valence-electron chi connectivity index (χ1n) is 5.42. The lowest BCUT2D eigenvalue weighted by Crippen LogP contribution is -2.56. The van der Waals surface area contributed by atoms with E-state index in [-0.39, 0.29) is 6.54 Å². The van der Waals surface area contributed by atoms with Gasteiger partial charge in [0.1, 0.15) is 0 Å². The summed E-state index contributed by atoms with van der Waals surface area (Å²) in [6, 6.07) is 0. The second-order valence-electron chi connectivity index (χ2n) is 3.85. The van der Waals surface area contributed by atoms with Gasteiger partial charge in [0.2, 0.25) is 0 Å². The minimum Gasteiger partial charge on any atom is -0.390 e. The highest BCUT2D eigenvalue weighted by Gasteiger charge is 2.32. The highest BCUT2D eigenvalue weighted by atomic mass is 79.9. The molecule has 1 unspecified atom stereocenters. The Hall–Kier alpha value is -0.620. The van der Waals surface area contributed by atoms with E-state index < -0.39 is 17.9 Å². The summed E-state index contributed by atoms with van der Waals surface area (Å²) in [4.78, 5) is 26.3. The third-order valence-electron chi connectivity index (χ3n) is 2.50. The van der Waals surface area contributed by atoms with Gasteiger partial charge in [-0.2, -0.15) is 0 Å². The highest BCUT2D eigenvalue weighted by molar-refractivity contribution is 9.09. The number of rotatable bonds is 5. The molecule has 1 heterocycles. The van der Waals surface area contributed by atoms with Crippen LogP contribution < -0.4 is 0 Å². The van der Waals surface area contributed by atoms with Crippen molar-refractivity contribution >= 4 is 27.7 Å². The Bertz CT molecular complexity index is 273. The monoisotopic (exact) mass is 292 g/mol. The smallest absolute Gasteiger partial charge is 0.312 e. The first kappa shape index (κ1) is 13.4. The van der Waals surface area contributed by atoms with Gasteiger partial charge in [-0.3, -0.25) is 9.59 Å². The molecule has 1 saturated heterocycles. The van der Waals surface area contributed by atoms with E-state index in [1.54, 1.807) is 4.90 Å². The van der Waals surface area contributed by atoms with Crippen molar-refractivity contribution in [1.29, 1.82) is 0 Å². The van der Waals surface area contributed by atoms with Gasteiger partial charge in [0.25, 0.3) is 0 Å². The Kier molecular flexibility index (Phi) is 5.21. The molecule has 16 heavy (non-hydrogen) atoms. The van der Waals surface area contributed by atoms with Gasteiger partial charge in [-0.1, -0.05) is 22.9 Å². The summed E-state index contributed by atoms with van der Waals surface area (Å²) in [5.41, 5.74) is 0. The van der Waals surface area contributed by atoms with Crippen molar-refractivity contribution < 1.29 is 14.7 Å². The van der Waals surface area contributed by atoms with Crippen LogP contribution in [0.25, 0.3) is 0 Å². The maximum absolute atomic E-state index is 11.7. The molecule has 1 aliphatic rings. The van der Waals surface area contributed by atoms with Crippen LogP contribution in [0.3, 0.4) is 0 Å². The molecule has 1 atom stereocenters. The van der Waals surface area contributed by atoms with Gasteiger partial charge in [0.15, 0.2) is 0 Å². The molecule has 1 N–H and O–H groups in total. The molecule has 0 spiro atoms. The standard InChI is InChI=1S/C10H17BrN2O3/c1-2-3-12-4-5-13(7-8(14)6-11)10(16)9(12)15/h8,14H,2-7H2,1H3. The van der Waals surface area contributed by atoms with E-state index in [4.69, 9.17) is 0 Å². The molecule has 0 aromatic carbocycles. The summed E-state index contributed by atoms with van der Waals surface area (Å²) in [5, 5.41) is 9.82. The summed E-state index contributed by atoms with van der Waals surface area (Å²) in [7, 11) is 0. The second kappa shape index (κ2) is 6.20. The van der Waals surface area contributed by atoms with Crippen molar-refractivity contribution in [2.24, 2.45) is 0 Å². The fraction of sp³-hybridized carbons (Fsp3) is 0.800. The maximum atomic E-state index is 11.7. The van der Waals surface area contributed by atoms with E-state index in [9.17, 15) is 14.7 Å². The fourth-order valence-electron chi connectivity index (χ4n) is 1.68. The third kappa shape index (κ3) is 3.18. The number of aliphatic hydroxyl groups is 1. The van der Waals surface area contributed by atoms with Gasteiger partial charge in [-0.05, 0) is 6.42 Å². The molecule has 6 heteroatoms. The second-order valence-corrected chi connectivity index (χ2v) is 4.50. The minimum atomic E-state index is -0.616. The van der Waals surface area contributed by atoms with Crippen LogP contribution in [0.5, 0.6) is 0 Å². The number of piperazine rings is 1. The Balaban J connectivity index is 2.54. The van der Waals surface area contributed by atoms with Crippen molar-refractivity contribution in [2.75, 3.05) is 31.5 Å². The molecule has 2 amide bonds. The van der Waals surface area contributed by atoms with Crippen LogP contribution in [-0.4, -0.2) is 64.3 Å². The van der Waals surface area contributed by atoms with E-state index >= 15 is 0 Å². The van der Waals surface area contributed by atoms with Crippen molar-refractivity contribution in [3.63, 3.8) is 0 Å². The average molecular weight is 293 g/mol. The van der Waals surface area contributed by atoms with Gasteiger partial charge in [0.05, 0.1) is 6.10 Å². The number of hydrogen-bond donors (Lipinski definition) is 1. The molecule has 0 bridgehead atoms. The fourth-order valence-corrected chi connectivity index (χ4v) is 1.88. The number of carbonyl (C=O) groups excluding carboxylic acids is 2. The Morgan fingerprint density at radius 2 is 1.88 bits per heavy atom. The van der Waals surface area contributed by atoms with Crippen molar-refractivity contribution in [3.8, 4) is 0 Å². The predicted molar refractivity (Wildman–Crippen MR) is 63.3 cm³/mol. The molecule has 1 fully saturated rings. The number of aliphatic hydroxyl groups excluding tert-OH is 1. The molecule has 5 nitrogen and oxygen atoms in total. The third-order valence-corrected chi connectivity index (χ3v) is 3.25. The Morgan fingerprint density at radius 1 is 1.31 bits per heavy atom. The molecular formula is C10H17BrN2O3. The van der Waals surface area contributed by atoms with Crippen LogP contribution in [0, 0.1) is 0 Å². The minimum absolute atomic E-state index is 0.218. The summed E-state index contributed by atoms with van der Waals surface area (Å²) >= 11 is 3.13. The van der Waals surface area contributed by atoms with E-state index in [0.717, 1.165) is 6.42 Å². The van der Waals surface area contributed by atoms with Gasteiger partial charge in [-0.25, -0.2) is 0 Å². The topological polar surface area (TPSA) is 60.9 Å². The quantitative estimate of drug-likeness (QED) is 0.565. The zero-order valence-electron chi connectivity index (χ0n) is 9.36. The molecule has 1 rings (SSSR count). The lowest BCUT2D eigenvalue weighted by atomic mass is 10.2. The Morgan fingerprint density at radius 3 is 2.44 bits per heavy atom. The van der Waals surface area contributed by atoms with E-state index in [0.29, 0.717) is 25.0 Å². The average Bonchev–Trinajstić information content (AvgIpc) is 2.28. The van der Waals surface area contributed by atoms with Gasteiger partial charge >= 0.3 is 11.8 Å². The van der Waals surface area contributed by atoms with Crippen molar-refractivity contribution in [2.45, 2.75) is 19.4 Å². The lowest BCUT2D eigenvalue weighted by Gasteiger charge is -2.34. The largest absolute Gasteiger partial charge is 0.390 e. The highest BCUT2D eigenvalue weighted by Crippen LogP contribution is 2.07. The molecule has 0 aromatic rings. The normalized spacial score (nSPS) is 19.2.